The van der Waals surface area contributed by atoms with Crippen molar-refractivity contribution in [3.63, 3.8) is 0 Å². The molecule has 0 atom stereocenters. The summed E-state index contributed by atoms with van der Waals surface area (Å²) in [5.41, 5.74) is 1.12. The Morgan fingerprint density at radius 3 is 2.80 bits per heavy atom. The number of nitrogens with one attached hydrogen (secondary N) is 1. The first-order valence-electron chi connectivity index (χ1n) is 5.55. The van der Waals surface area contributed by atoms with E-state index in [0.29, 0.717) is 11.4 Å². The van der Waals surface area contributed by atoms with E-state index >= 15 is 0 Å². The lowest BCUT2D eigenvalue weighted by atomic mass is 10.3. The predicted octanol–water partition coefficient (Wildman–Crippen LogP) is 1.52. The molecular formula is C11H9N5O2S2. The fraction of sp³-hybridized carbons (Fsp3) is 0. The van der Waals surface area contributed by atoms with Crippen molar-refractivity contribution >= 4 is 27.0 Å². The molecule has 1 N–H and O–H groups in total. The van der Waals surface area contributed by atoms with Crippen molar-refractivity contribution in [3.05, 3.63) is 48.1 Å². The number of rotatable bonds is 4. The molecule has 20 heavy (non-hydrogen) atoms. The van der Waals surface area contributed by atoms with Crippen molar-refractivity contribution < 1.29 is 8.42 Å². The minimum Gasteiger partial charge on any atom is -0.279 e. The Kier molecular flexibility index (Phi) is 3.20. The summed E-state index contributed by atoms with van der Waals surface area (Å²) in [6, 6.07) is 10.1. The van der Waals surface area contributed by atoms with Crippen molar-refractivity contribution in [1.82, 2.24) is 20.2 Å². The minimum atomic E-state index is -3.55. The summed E-state index contributed by atoms with van der Waals surface area (Å²) >= 11 is 1.16. The molecule has 3 rings (SSSR count). The number of hydrogen-bond acceptors (Lipinski definition) is 6. The van der Waals surface area contributed by atoms with Gasteiger partial charge in [-0.2, -0.15) is 0 Å². The molecule has 0 unspecified atom stereocenters. The van der Waals surface area contributed by atoms with Crippen LogP contribution in [0.1, 0.15) is 0 Å². The Balaban J connectivity index is 1.91. The van der Waals surface area contributed by atoms with Gasteiger partial charge in [-0.25, -0.2) is 13.1 Å². The van der Waals surface area contributed by atoms with Crippen LogP contribution in [0.4, 0.5) is 5.69 Å². The van der Waals surface area contributed by atoms with E-state index in [2.05, 4.69) is 20.2 Å². The molecule has 0 radical (unpaired) electrons. The molecule has 2 heterocycles. The third-order valence-corrected chi connectivity index (χ3v) is 5.25. The molecule has 0 fully saturated rings. The number of tetrazole rings is 1. The summed E-state index contributed by atoms with van der Waals surface area (Å²) in [6.45, 7) is 0. The van der Waals surface area contributed by atoms with Gasteiger partial charge in [0.1, 0.15) is 10.5 Å². The van der Waals surface area contributed by atoms with E-state index in [1.807, 2.05) is 0 Å². The van der Waals surface area contributed by atoms with Crippen molar-refractivity contribution in [3.8, 4) is 5.69 Å². The lowest BCUT2D eigenvalue weighted by Crippen LogP contribution is -2.11. The molecule has 0 aliphatic carbocycles. The van der Waals surface area contributed by atoms with E-state index in [0.717, 1.165) is 11.3 Å². The second kappa shape index (κ2) is 5.02. The smallest absolute Gasteiger partial charge is 0.271 e. The highest BCUT2D eigenvalue weighted by Gasteiger charge is 2.15. The normalized spacial score (nSPS) is 11.4. The van der Waals surface area contributed by atoms with Crippen LogP contribution in [0.25, 0.3) is 5.69 Å². The van der Waals surface area contributed by atoms with Crippen molar-refractivity contribution in [1.29, 1.82) is 0 Å². The van der Waals surface area contributed by atoms with Gasteiger partial charge in [-0.05, 0) is 40.1 Å². The van der Waals surface area contributed by atoms with Gasteiger partial charge >= 0.3 is 0 Å². The molecule has 0 aliphatic heterocycles. The van der Waals surface area contributed by atoms with Gasteiger partial charge in [0.05, 0.1) is 11.4 Å². The molecule has 0 aliphatic rings. The molecule has 7 nitrogen and oxygen atoms in total. The SMILES string of the molecule is O=S(=O)(Nc1cccc(-n2cnnn2)c1)c1cccs1. The van der Waals surface area contributed by atoms with E-state index in [9.17, 15) is 8.42 Å². The number of benzene rings is 1. The van der Waals surface area contributed by atoms with Gasteiger partial charge in [-0.15, -0.1) is 16.4 Å². The Labute approximate surface area is 118 Å². The molecule has 0 saturated heterocycles. The zero-order valence-corrected chi connectivity index (χ0v) is 11.7. The Morgan fingerprint density at radius 1 is 1.20 bits per heavy atom. The number of nitrogens with zero attached hydrogens (tertiary/aromatic N) is 4. The molecule has 0 bridgehead atoms. The van der Waals surface area contributed by atoms with Crippen LogP contribution < -0.4 is 4.72 Å². The molecule has 9 heteroatoms. The first kappa shape index (κ1) is 12.8. The van der Waals surface area contributed by atoms with Crippen molar-refractivity contribution in [2.24, 2.45) is 0 Å². The molecule has 1 aromatic carbocycles. The van der Waals surface area contributed by atoms with Crippen LogP contribution in [-0.4, -0.2) is 28.6 Å². The highest BCUT2D eigenvalue weighted by Crippen LogP contribution is 2.21. The van der Waals surface area contributed by atoms with Gasteiger partial charge < -0.3 is 0 Å². The maximum absolute atomic E-state index is 12.1. The number of thiophene rings is 1. The molecule has 0 amide bonds. The second-order valence-electron chi connectivity index (χ2n) is 3.84. The molecular weight excluding hydrogens is 298 g/mol. The van der Waals surface area contributed by atoms with E-state index in [4.69, 9.17) is 0 Å². The summed E-state index contributed by atoms with van der Waals surface area (Å²) in [4.78, 5) is 0. The summed E-state index contributed by atoms with van der Waals surface area (Å²) in [7, 11) is -3.55. The zero-order valence-electron chi connectivity index (χ0n) is 10.0. The summed E-state index contributed by atoms with van der Waals surface area (Å²) in [5.74, 6) is 0. The van der Waals surface area contributed by atoms with Gasteiger partial charge in [0.2, 0.25) is 0 Å². The van der Waals surface area contributed by atoms with E-state index < -0.39 is 10.0 Å². The largest absolute Gasteiger partial charge is 0.279 e. The number of hydrogen-bond donors (Lipinski definition) is 1. The van der Waals surface area contributed by atoms with Crippen molar-refractivity contribution in [2.45, 2.75) is 4.21 Å². The highest BCUT2D eigenvalue weighted by atomic mass is 32.2. The van der Waals surface area contributed by atoms with E-state index in [1.165, 1.54) is 11.0 Å². The Hall–Kier alpha value is -2.26. The summed E-state index contributed by atoms with van der Waals surface area (Å²) < 4.78 is 28.5. The number of sulfonamides is 1. The van der Waals surface area contributed by atoms with E-state index in [1.54, 1.807) is 41.8 Å². The number of anilines is 1. The van der Waals surface area contributed by atoms with Crippen LogP contribution in [0.2, 0.25) is 0 Å². The van der Waals surface area contributed by atoms with Crippen LogP contribution in [0.3, 0.4) is 0 Å². The fourth-order valence-electron chi connectivity index (χ4n) is 1.61. The maximum atomic E-state index is 12.1. The van der Waals surface area contributed by atoms with Gasteiger partial charge in [0.25, 0.3) is 10.0 Å². The first-order valence-corrected chi connectivity index (χ1v) is 7.91. The monoisotopic (exact) mass is 307 g/mol. The molecule has 102 valence electrons. The van der Waals surface area contributed by atoms with Gasteiger partial charge in [-0.3, -0.25) is 4.72 Å². The number of aromatic nitrogens is 4. The average Bonchev–Trinajstić information content (AvgIpc) is 3.12. The third-order valence-electron chi connectivity index (χ3n) is 2.47. The summed E-state index contributed by atoms with van der Waals surface area (Å²) in [5, 5.41) is 12.5. The average molecular weight is 307 g/mol. The second-order valence-corrected chi connectivity index (χ2v) is 6.70. The maximum Gasteiger partial charge on any atom is 0.271 e. The molecule has 0 saturated carbocycles. The predicted molar refractivity (Wildman–Crippen MR) is 74.3 cm³/mol. The van der Waals surface area contributed by atoms with Crippen molar-refractivity contribution in [2.75, 3.05) is 4.72 Å². The highest BCUT2D eigenvalue weighted by molar-refractivity contribution is 7.94. The first-order chi connectivity index (χ1) is 9.65. The Morgan fingerprint density at radius 2 is 2.10 bits per heavy atom. The third kappa shape index (κ3) is 2.53. The zero-order chi connectivity index (χ0) is 14.0. The fourth-order valence-corrected chi connectivity index (χ4v) is 3.66. The van der Waals surface area contributed by atoms with Gasteiger partial charge in [0, 0.05) is 0 Å². The van der Waals surface area contributed by atoms with Gasteiger partial charge in [-0.1, -0.05) is 12.1 Å². The van der Waals surface area contributed by atoms with Crippen LogP contribution in [0.15, 0.2) is 52.3 Å². The van der Waals surface area contributed by atoms with Crippen LogP contribution in [0, 0.1) is 0 Å². The standard InChI is InChI=1S/C11H9N5O2S2/c17-20(18,11-5-2-6-19-11)13-9-3-1-4-10(7-9)16-8-12-14-15-16/h1-8,13H. The Bertz CT molecular complexity index is 797. The van der Waals surface area contributed by atoms with Gasteiger partial charge in [0.15, 0.2) is 0 Å². The topological polar surface area (TPSA) is 89.8 Å². The van der Waals surface area contributed by atoms with Crippen LogP contribution in [0.5, 0.6) is 0 Å². The summed E-state index contributed by atoms with van der Waals surface area (Å²) in [6.07, 6.45) is 1.44. The lowest BCUT2D eigenvalue weighted by molar-refractivity contribution is 0.603. The van der Waals surface area contributed by atoms with Crippen LogP contribution >= 0.6 is 11.3 Å². The quantitative estimate of drug-likeness (QED) is 0.789. The molecule has 3 aromatic rings. The van der Waals surface area contributed by atoms with Crippen LogP contribution in [-0.2, 0) is 10.0 Å². The lowest BCUT2D eigenvalue weighted by Gasteiger charge is -2.07. The molecule has 0 spiro atoms. The molecule has 2 aromatic heterocycles. The minimum absolute atomic E-state index is 0.269. The van der Waals surface area contributed by atoms with E-state index in [-0.39, 0.29) is 4.21 Å².